The van der Waals surface area contributed by atoms with Crippen LogP contribution in [0, 0.1) is 0 Å². The Morgan fingerprint density at radius 1 is 1.25 bits per heavy atom. The number of methoxy groups -OCH3 is 1. The molecule has 0 radical (unpaired) electrons. The van der Waals surface area contributed by atoms with Gasteiger partial charge in [0.2, 0.25) is 0 Å². The maximum Gasteiger partial charge on any atom is 0.340 e. The van der Waals surface area contributed by atoms with Crippen molar-refractivity contribution in [2.75, 3.05) is 7.11 Å². The van der Waals surface area contributed by atoms with Crippen molar-refractivity contribution in [1.82, 2.24) is 0 Å². The Balaban J connectivity index is 1.94. The van der Waals surface area contributed by atoms with Crippen molar-refractivity contribution in [2.45, 2.75) is 10.3 Å². The van der Waals surface area contributed by atoms with Gasteiger partial charge in [-0.25, -0.2) is 4.79 Å². The molecule has 0 saturated carbocycles. The van der Waals surface area contributed by atoms with E-state index in [0.29, 0.717) is 11.3 Å². The number of aromatic hydroxyl groups is 1. The Morgan fingerprint density at radius 2 is 2.05 bits per heavy atom. The van der Waals surface area contributed by atoms with E-state index in [1.165, 1.54) is 18.9 Å². The SMILES string of the molecule is COc1ccc(C2OC(=O)c3ccccc3S2)cc1O. The number of esters is 1. The number of benzene rings is 2. The van der Waals surface area contributed by atoms with E-state index < -0.39 is 5.44 Å². The van der Waals surface area contributed by atoms with Crippen LogP contribution in [0.4, 0.5) is 0 Å². The molecule has 0 bridgehead atoms. The number of cyclic esters (lactones) is 1. The first-order valence-corrected chi connectivity index (χ1v) is 6.90. The molecule has 102 valence electrons. The number of carbonyl (C=O) groups is 1. The van der Waals surface area contributed by atoms with Crippen molar-refractivity contribution in [1.29, 1.82) is 0 Å². The lowest BCUT2D eigenvalue weighted by Crippen LogP contribution is -2.15. The minimum Gasteiger partial charge on any atom is -0.504 e. The van der Waals surface area contributed by atoms with Gasteiger partial charge in [0, 0.05) is 10.5 Å². The van der Waals surface area contributed by atoms with Gasteiger partial charge >= 0.3 is 5.97 Å². The highest BCUT2D eigenvalue weighted by atomic mass is 32.2. The standard InChI is InChI=1S/C15H12O4S/c1-18-12-7-6-9(8-11(12)16)15-19-14(17)10-4-2-3-5-13(10)20-15/h2-8,15-16H,1H3. The van der Waals surface area contributed by atoms with Crippen LogP contribution in [0.2, 0.25) is 0 Å². The average molecular weight is 288 g/mol. The third-order valence-electron chi connectivity index (χ3n) is 3.03. The molecule has 1 unspecified atom stereocenters. The Labute approximate surface area is 120 Å². The fraction of sp³-hybridized carbons (Fsp3) is 0.133. The van der Waals surface area contributed by atoms with Crippen molar-refractivity contribution in [3.8, 4) is 11.5 Å². The lowest BCUT2D eigenvalue weighted by atomic mass is 10.2. The molecule has 0 aliphatic carbocycles. The van der Waals surface area contributed by atoms with Gasteiger partial charge in [0.05, 0.1) is 12.7 Å². The van der Waals surface area contributed by atoms with Gasteiger partial charge in [-0.15, -0.1) is 0 Å². The van der Waals surface area contributed by atoms with E-state index in [9.17, 15) is 9.90 Å². The molecule has 1 aliphatic heterocycles. The van der Waals surface area contributed by atoms with Gasteiger partial charge in [0.25, 0.3) is 0 Å². The lowest BCUT2D eigenvalue weighted by Gasteiger charge is -2.24. The van der Waals surface area contributed by atoms with Crippen LogP contribution < -0.4 is 4.74 Å². The molecule has 4 nitrogen and oxygen atoms in total. The zero-order valence-electron chi connectivity index (χ0n) is 10.7. The summed E-state index contributed by atoms with van der Waals surface area (Å²) in [6.45, 7) is 0. The second kappa shape index (κ2) is 5.09. The summed E-state index contributed by atoms with van der Waals surface area (Å²) < 4.78 is 10.4. The largest absolute Gasteiger partial charge is 0.504 e. The first-order chi connectivity index (χ1) is 9.69. The summed E-state index contributed by atoms with van der Waals surface area (Å²) in [6.07, 6.45) is 0. The maximum absolute atomic E-state index is 12.0. The molecule has 0 saturated heterocycles. The van der Waals surface area contributed by atoms with Gasteiger partial charge in [0.1, 0.15) is 0 Å². The molecule has 1 heterocycles. The fourth-order valence-electron chi connectivity index (χ4n) is 2.03. The van der Waals surface area contributed by atoms with E-state index >= 15 is 0 Å². The molecule has 1 atom stereocenters. The molecule has 20 heavy (non-hydrogen) atoms. The van der Waals surface area contributed by atoms with Crippen LogP contribution in [0.3, 0.4) is 0 Å². The highest BCUT2D eigenvalue weighted by Gasteiger charge is 2.28. The second-order valence-electron chi connectivity index (χ2n) is 4.28. The Morgan fingerprint density at radius 3 is 2.80 bits per heavy atom. The zero-order valence-corrected chi connectivity index (χ0v) is 11.5. The minimum absolute atomic E-state index is 0.0282. The Bertz CT molecular complexity index is 669. The van der Waals surface area contributed by atoms with E-state index in [0.717, 1.165) is 10.5 Å². The normalized spacial score (nSPS) is 17.2. The Kier molecular flexibility index (Phi) is 3.28. The van der Waals surface area contributed by atoms with Crippen molar-refractivity contribution in [3.05, 3.63) is 53.6 Å². The van der Waals surface area contributed by atoms with E-state index in [-0.39, 0.29) is 11.7 Å². The smallest absolute Gasteiger partial charge is 0.340 e. The van der Waals surface area contributed by atoms with Crippen LogP contribution in [0.1, 0.15) is 21.4 Å². The lowest BCUT2D eigenvalue weighted by molar-refractivity contribution is 0.0439. The van der Waals surface area contributed by atoms with Crippen molar-refractivity contribution < 1.29 is 19.4 Å². The van der Waals surface area contributed by atoms with Crippen molar-refractivity contribution in [2.24, 2.45) is 0 Å². The summed E-state index contributed by atoms with van der Waals surface area (Å²) in [5, 5.41) is 9.81. The van der Waals surface area contributed by atoms with Crippen molar-refractivity contribution >= 4 is 17.7 Å². The van der Waals surface area contributed by atoms with Gasteiger partial charge in [-0.1, -0.05) is 30.0 Å². The Hall–Kier alpha value is -2.14. The number of phenols is 1. The number of carbonyl (C=O) groups excluding carboxylic acids is 1. The van der Waals surface area contributed by atoms with Crippen LogP contribution in [-0.4, -0.2) is 18.2 Å². The van der Waals surface area contributed by atoms with Crippen LogP contribution in [0.15, 0.2) is 47.4 Å². The number of phenolic OH excluding ortho intramolecular Hbond substituents is 1. The first-order valence-electron chi connectivity index (χ1n) is 6.02. The molecule has 1 aliphatic rings. The maximum atomic E-state index is 12.0. The monoisotopic (exact) mass is 288 g/mol. The van der Waals surface area contributed by atoms with Crippen LogP contribution in [-0.2, 0) is 4.74 Å². The van der Waals surface area contributed by atoms with E-state index in [1.807, 2.05) is 12.1 Å². The molecule has 2 aromatic carbocycles. The highest BCUT2D eigenvalue weighted by Crippen LogP contribution is 2.44. The average Bonchev–Trinajstić information content (AvgIpc) is 2.47. The molecule has 0 spiro atoms. The number of ether oxygens (including phenoxy) is 2. The van der Waals surface area contributed by atoms with Gasteiger partial charge in [0.15, 0.2) is 16.9 Å². The molecular weight excluding hydrogens is 276 g/mol. The summed E-state index contributed by atoms with van der Waals surface area (Å²) in [6, 6.07) is 12.3. The van der Waals surface area contributed by atoms with Gasteiger partial charge in [-0.05, 0) is 24.3 Å². The molecule has 5 heteroatoms. The predicted octanol–water partition coefficient (Wildman–Crippen LogP) is 3.36. The number of hydrogen-bond donors (Lipinski definition) is 1. The summed E-state index contributed by atoms with van der Waals surface area (Å²) in [7, 11) is 1.49. The molecule has 1 N–H and O–H groups in total. The molecular formula is C15H12O4S. The van der Waals surface area contributed by atoms with E-state index in [2.05, 4.69) is 0 Å². The van der Waals surface area contributed by atoms with Crippen LogP contribution in [0.5, 0.6) is 11.5 Å². The summed E-state index contributed by atoms with van der Waals surface area (Å²) in [5.41, 5.74) is 0.830. The number of hydrogen-bond acceptors (Lipinski definition) is 5. The quantitative estimate of drug-likeness (QED) is 0.859. The molecule has 0 aromatic heterocycles. The first kappa shape index (κ1) is 12.9. The summed E-state index contributed by atoms with van der Waals surface area (Å²) in [4.78, 5) is 12.8. The third-order valence-corrected chi connectivity index (χ3v) is 4.22. The highest BCUT2D eigenvalue weighted by molar-refractivity contribution is 7.99. The topological polar surface area (TPSA) is 55.8 Å². The number of thioether (sulfide) groups is 1. The van der Waals surface area contributed by atoms with Gasteiger partial charge in [-0.2, -0.15) is 0 Å². The second-order valence-corrected chi connectivity index (χ2v) is 5.39. The van der Waals surface area contributed by atoms with Gasteiger partial charge in [-0.3, -0.25) is 0 Å². The summed E-state index contributed by atoms with van der Waals surface area (Å²) >= 11 is 1.44. The number of fused-ring (bicyclic) bond motifs is 1. The third kappa shape index (κ3) is 2.20. The number of rotatable bonds is 2. The molecule has 3 rings (SSSR count). The molecule has 0 amide bonds. The zero-order chi connectivity index (χ0) is 14.1. The van der Waals surface area contributed by atoms with E-state index in [4.69, 9.17) is 9.47 Å². The van der Waals surface area contributed by atoms with Gasteiger partial charge < -0.3 is 14.6 Å². The molecule has 2 aromatic rings. The summed E-state index contributed by atoms with van der Waals surface area (Å²) in [5.74, 6) is 0.0708. The van der Waals surface area contributed by atoms with Crippen LogP contribution >= 0.6 is 11.8 Å². The fourth-order valence-corrected chi connectivity index (χ4v) is 3.11. The predicted molar refractivity (Wildman–Crippen MR) is 75.1 cm³/mol. The minimum atomic E-state index is -0.464. The molecule has 0 fully saturated rings. The van der Waals surface area contributed by atoms with E-state index in [1.54, 1.807) is 30.3 Å². The van der Waals surface area contributed by atoms with Crippen molar-refractivity contribution in [3.63, 3.8) is 0 Å². The van der Waals surface area contributed by atoms with Crippen LogP contribution in [0.25, 0.3) is 0 Å².